The summed E-state index contributed by atoms with van der Waals surface area (Å²) in [7, 11) is 0. The molecule has 0 aliphatic rings. The van der Waals surface area contributed by atoms with E-state index in [0.29, 0.717) is 27.3 Å². The monoisotopic (exact) mass is 364 g/mol. The number of halogens is 2. The van der Waals surface area contributed by atoms with Gasteiger partial charge in [-0.05, 0) is 36.8 Å². The van der Waals surface area contributed by atoms with Crippen molar-refractivity contribution in [2.45, 2.75) is 6.92 Å². The van der Waals surface area contributed by atoms with Crippen LogP contribution in [0.2, 0.25) is 5.02 Å². The number of anilines is 2. The van der Waals surface area contributed by atoms with Crippen LogP contribution in [-0.4, -0.2) is 21.2 Å². The first kappa shape index (κ1) is 17.8. The van der Waals surface area contributed by atoms with Crippen LogP contribution in [-0.2, 0) is 0 Å². The fraction of sp³-hybridized carbons (Fsp3) is 0.0588. The molecule has 0 radical (unpaired) electrons. The number of pyridine rings is 1. The second-order valence-electron chi connectivity index (χ2n) is 5.15. The van der Waals surface area contributed by atoms with E-state index in [-0.39, 0.29) is 23.7 Å². The van der Waals surface area contributed by atoms with Crippen LogP contribution in [0.25, 0.3) is 10.9 Å². The highest BCUT2D eigenvalue weighted by atomic mass is 35.5. The predicted molar refractivity (Wildman–Crippen MR) is 97.1 cm³/mol. The number of rotatable bonds is 3. The van der Waals surface area contributed by atoms with Crippen molar-refractivity contribution >= 4 is 52.3 Å². The van der Waals surface area contributed by atoms with Crippen molar-refractivity contribution in [1.82, 2.24) is 4.98 Å². The molecule has 0 spiro atoms. The van der Waals surface area contributed by atoms with E-state index in [0.717, 1.165) is 5.56 Å². The van der Waals surface area contributed by atoms with Gasteiger partial charge in [0.05, 0.1) is 11.2 Å². The first-order chi connectivity index (χ1) is 11.0. The fourth-order valence-corrected chi connectivity index (χ4v) is 2.73. The highest BCUT2D eigenvalue weighted by Crippen LogP contribution is 2.33. The Labute approximate surface area is 149 Å². The number of carboxylic acid groups (broad SMARTS) is 1. The molecule has 1 heterocycles. The molecule has 0 aliphatic heterocycles. The molecule has 0 aliphatic carbocycles. The van der Waals surface area contributed by atoms with Crippen LogP contribution in [0.4, 0.5) is 11.4 Å². The lowest BCUT2D eigenvalue weighted by Crippen LogP contribution is -2.05. The smallest absolute Gasteiger partial charge is 0.339 e. The molecule has 3 aromatic rings. The molecule has 0 saturated carbocycles. The fourth-order valence-electron chi connectivity index (χ4n) is 2.46. The Morgan fingerprint density at radius 2 is 2.00 bits per heavy atom. The van der Waals surface area contributed by atoms with E-state index < -0.39 is 5.97 Å². The molecule has 3 N–H and O–H groups in total. The molecular weight excluding hydrogens is 351 g/mol. The number of nitrogens with zero attached hydrogens (tertiary/aromatic N) is 1. The van der Waals surface area contributed by atoms with Crippen molar-refractivity contribution in [3.8, 4) is 5.75 Å². The second kappa shape index (κ2) is 6.95. The molecule has 0 amide bonds. The van der Waals surface area contributed by atoms with Crippen LogP contribution in [0, 0.1) is 6.92 Å². The number of benzene rings is 2. The van der Waals surface area contributed by atoms with Gasteiger partial charge in [-0.25, -0.2) is 4.79 Å². The van der Waals surface area contributed by atoms with E-state index in [1.165, 1.54) is 18.3 Å². The Kier molecular flexibility index (Phi) is 5.17. The van der Waals surface area contributed by atoms with Gasteiger partial charge < -0.3 is 15.5 Å². The molecular formula is C17H14Cl2N2O3. The first-order valence-corrected chi connectivity index (χ1v) is 7.21. The summed E-state index contributed by atoms with van der Waals surface area (Å²) in [5.74, 6) is -1.01. The Balaban J connectivity index is 0.00000208. The number of aromatic hydroxyl groups is 1. The molecule has 5 nitrogen and oxygen atoms in total. The summed E-state index contributed by atoms with van der Waals surface area (Å²) in [6, 6.07) is 9.89. The molecule has 0 bridgehead atoms. The number of phenols is 1. The third-order valence-electron chi connectivity index (χ3n) is 3.47. The highest BCUT2D eigenvalue weighted by Gasteiger charge is 2.16. The van der Waals surface area contributed by atoms with Crippen molar-refractivity contribution in [2.75, 3.05) is 5.32 Å². The largest absolute Gasteiger partial charge is 0.508 e. The zero-order chi connectivity index (χ0) is 16.6. The molecule has 0 fully saturated rings. The number of phenolic OH excluding ortho intramolecular Hbond substituents is 1. The highest BCUT2D eigenvalue weighted by molar-refractivity contribution is 6.31. The molecule has 0 unspecified atom stereocenters. The molecule has 1 aromatic heterocycles. The summed E-state index contributed by atoms with van der Waals surface area (Å²) in [4.78, 5) is 15.8. The minimum Gasteiger partial charge on any atom is -0.508 e. The third-order valence-corrected chi connectivity index (χ3v) is 3.69. The number of fused-ring (bicyclic) bond motifs is 1. The molecule has 3 rings (SSSR count). The number of hydrogen-bond donors (Lipinski definition) is 3. The maximum atomic E-state index is 11.5. The summed E-state index contributed by atoms with van der Waals surface area (Å²) in [5, 5.41) is 23.2. The minimum atomic E-state index is -1.10. The lowest BCUT2D eigenvalue weighted by molar-refractivity contribution is 0.0697. The molecule has 24 heavy (non-hydrogen) atoms. The lowest BCUT2D eigenvalue weighted by atomic mass is 10.1. The average Bonchev–Trinajstić information content (AvgIpc) is 2.47. The zero-order valence-corrected chi connectivity index (χ0v) is 14.1. The Morgan fingerprint density at radius 3 is 2.67 bits per heavy atom. The van der Waals surface area contributed by atoms with Gasteiger partial charge in [-0.15, -0.1) is 12.4 Å². The van der Waals surface area contributed by atoms with Crippen LogP contribution >= 0.6 is 24.0 Å². The zero-order valence-electron chi connectivity index (χ0n) is 12.6. The van der Waals surface area contributed by atoms with Crippen molar-refractivity contribution in [3.63, 3.8) is 0 Å². The van der Waals surface area contributed by atoms with Gasteiger partial charge in [0, 0.05) is 28.4 Å². The summed E-state index contributed by atoms with van der Waals surface area (Å²) >= 11 is 6.11. The van der Waals surface area contributed by atoms with Crippen LogP contribution < -0.4 is 5.32 Å². The molecule has 0 atom stereocenters. The Hall–Kier alpha value is -2.50. The normalized spacial score (nSPS) is 10.2. The van der Waals surface area contributed by atoms with E-state index >= 15 is 0 Å². The summed E-state index contributed by atoms with van der Waals surface area (Å²) in [5.41, 5.74) is 2.50. The average molecular weight is 365 g/mol. The summed E-state index contributed by atoms with van der Waals surface area (Å²) in [6.07, 6.45) is 1.32. The quantitative estimate of drug-likeness (QED) is 0.623. The van der Waals surface area contributed by atoms with Crippen LogP contribution in [0.5, 0.6) is 5.75 Å². The van der Waals surface area contributed by atoms with Gasteiger partial charge in [0.25, 0.3) is 0 Å². The van der Waals surface area contributed by atoms with Crippen molar-refractivity contribution in [2.24, 2.45) is 0 Å². The number of carbonyl (C=O) groups is 1. The van der Waals surface area contributed by atoms with Gasteiger partial charge in [-0.1, -0.05) is 17.7 Å². The maximum absolute atomic E-state index is 11.5. The van der Waals surface area contributed by atoms with E-state index in [2.05, 4.69) is 10.3 Å². The van der Waals surface area contributed by atoms with E-state index in [9.17, 15) is 15.0 Å². The van der Waals surface area contributed by atoms with Gasteiger partial charge in [-0.2, -0.15) is 0 Å². The maximum Gasteiger partial charge on any atom is 0.339 e. The van der Waals surface area contributed by atoms with Crippen LogP contribution in [0.3, 0.4) is 0 Å². The number of aromatic nitrogens is 1. The van der Waals surface area contributed by atoms with Gasteiger partial charge in [0.1, 0.15) is 11.3 Å². The van der Waals surface area contributed by atoms with Crippen LogP contribution in [0.1, 0.15) is 15.9 Å². The Morgan fingerprint density at radius 1 is 1.25 bits per heavy atom. The van der Waals surface area contributed by atoms with E-state index in [1.54, 1.807) is 24.3 Å². The van der Waals surface area contributed by atoms with E-state index in [1.807, 2.05) is 6.92 Å². The number of carboxylic acids is 1. The predicted octanol–water partition coefficient (Wildman–Crippen LogP) is 4.77. The van der Waals surface area contributed by atoms with Crippen LogP contribution in [0.15, 0.2) is 42.6 Å². The molecule has 7 heteroatoms. The van der Waals surface area contributed by atoms with Crippen molar-refractivity contribution in [1.29, 1.82) is 0 Å². The lowest BCUT2D eigenvalue weighted by Gasteiger charge is -2.14. The standard InChI is InChI=1S/C17H13ClN2O3.ClH/c1-9-5-10(18)6-13-15(9)19-8-14(17(22)23)16(13)20-11-3-2-4-12(21)7-11;/h2-8,21H,1H3,(H,19,20)(H,22,23);1H. The first-order valence-electron chi connectivity index (χ1n) is 6.84. The summed E-state index contributed by atoms with van der Waals surface area (Å²) < 4.78 is 0. The SMILES string of the molecule is Cc1cc(Cl)cc2c(Nc3cccc(O)c3)c(C(=O)O)cnc12.Cl. The molecule has 124 valence electrons. The topological polar surface area (TPSA) is 82.5 Å². The van der Waals surface area contributed by atoms with Gasteiger partial charge in [0.2, 0.25) is 0 Å². The Bertz CT molecular complexity index is 929. The third kappa shape index (κ3) is 3.37. The minimum absolute atomic E-state index is 0. The summed E-state index contributed by atoms with van der Waals surface area (Å²) in [6.45, 7) is 1.86. The molecule has 2 aromatic carbocycles. The van der Waals surface area contributed by atoms with Gasteiger partial charge in [0.15, 0.2) is 0 Å². The second-order valence-corrected chi connectivity index (χ2v) is 5.58. The number of aryl methyl sites for hydroxylation is 1. The van der Waals surface area contributed by atoms with E-state index in [4.69, 9.17) is 11.6 Å². The number of nitrogens with one attached hydrogen (secondary N) is 1. The molecule has 0 saturated heterocycles. The van der Waals surface area contributed by atoms with Crippen molar-refractivity contribution in [3.05, 3.63) is 58.7 Å². The number of hydrogen-bond acceptors (Lipinski definition) is 4. The van der Waals surface area contributed by atoms with Gasteiger partial charge >= 0.3 is 5.97 Å². The number of aromatic carboxylic acids is 1. The van der Waals surface area contributed by atoms with Crippen molar-refractivity contribution < 1.29 is 15.0 Å². The van der Waals surface area contributed by atoms with Gasteiger partial charge in [-0.3, -0.25) is 4.98 Å².